The Hall–Kier alpha value is -1.93. The molecule has 2 N–H and O–H groups in total. The van der Waals surface area contributed by atoms with E-state index in [-0.39, 0.29) is 4.90 Å². The molecule has 7 nitrogen and oxygen atoms in total. The lowest BCUT2D eigenvalue weighted by Crippen LogP contribution is -2.23. The molecule has 0 fully saturated rings. The number of anilines is 1. The summed E-state index contributed by atoms with van der Waals surface area (Å²) in [7, 11) is -0.428. The first-order valence-electron chi connectivity index (χ1n) is 6.11. The molecule has 0 saturated carbocycles. The minimum Gasteiger partial charge on any atom is -0.383 e. The number of aromatic amines is 1. The van der Waals surface area contributed by atoms with Crippen molar-refractivity contribution in [2.24, 2.45) is 0 Å². The second-order valence-electron chi connectivity index (χ2n) is 4.39. The number of hydrogen-bond acceptors (Lipinski definition) is 5. The Morgan fingerprint density at radius 3 is 2.70 bits per heavy atom. The van der Waals surface area contributed by atoms with E-state index in [2.05, 4.69) is 20.5 Å². The minimum absolute atomic E-state index is 0.266. The van der Waals surface area contributed by atoms with E-state index < -0.39 is 10.0 Å². The average molecular weight is 295 g/mol. The Morgan fingerprint density at radius 2 is 2.05 bits per heavy atom. The topological polar surface area (TPSA) is 91.0 Å². The molecule has 2 aromatic rings. The van der Waals surface area contributed by atoms with Crippen LogP contribution in [0.1, 0.15) is 5.82 Å². The quantitative estimate of drug-likeness (QED) is 0.819. The minimum atomic E-state index is -3.46. The smallest absolute Gasteiger partial charge is 0.244 e. The van der Waals surface area contributed by atoms with Gasteiger partial charge in [-0.2, -0.15) is 5.10 Å². The molecular weight excluding hydrogens is 278 g/mol. The first-order valence-corrected chi connectivity index (χ1v) is 7.55. The number of hydrogen-bond donors (Lipinski definition) is 2. The summed E-state index contributed by atoms with van der Waals surface area (Å²) in [4.78, 5) is 4.28. The summed E-state index contributed by atoms with van der Waals surface area (Å²) in [5.74, 6) is 0.755. The molecule has 0 aliphatic carbocycles. The van der Waals surface area contributed by atoms with Gasteiger partial charge in [0.2, 0.25) is 10.0 Å². The van der Waals surface area contributed by atoms with Crippen LogP contribution in [-0.4, -0.2) is 48.5 Å². The largest absolute Gasteiger partial charge is 0.383 e. The predicted octanol–water partition coefficient (Wildman–Crippen LogP) is 0.710. The molecule has 8 heteroatoms. The van der Waals surface area contributed by atoms with Crippen LogP contribution >= 0.6 is 0 Å². The number of para-hydroxylation sites is 1. The molecule has 1 heterocycles. The van der Waals surface area contributed by atoms with Gasteiger partial charge in [0.25, 0.3) is 0 Å². The van der Waals surface area contributed by atoms with E-state index in [9.17, 15) is 8.42 Å². The summed E-state index contributed by atoms with van der Waals surface area (Å²) in [5.41, 5.74) is 0.584. The molecule has 0 aliphatic rings. The molecule has 108 valence electrons. The third kappa shape index (κ3) is 3.14. The third-order valence-corrected chi connectivity index (χ3v) is 4.66. The van der Waals surface area contributed by atoms with Gasteiger partial charge in [0, 0.05) is 27.1 Å². The van der Waals surface area contributed by atoms with Gasteiger partial charge in [-0.3, -0.25) is 5.10 Å². The van der Waals surface area contributed by atoms with Crippen molar-refractivity contribution in [3.63, 3.8) is 0 Å². The van der Waals surface area contributed by atoms with Crippen molar-refractivity contribution in [3.8, 4) is 0 Å². The van der Waals surface area contributed by atoms with Gasteiger partial charge in [0.15, 0.2) is 0 Å². The second kappa shape index (κ2) is 6.02. The van der Waals surface area contributed by atoms with E-state index in [4.69, 9.17) is 0 Å². The normalized spacial score (nSPS) is 11.8. The number of nitrogens with zero attached hydrogens (tertiary/aromatic N) is 3. The monoisotopic (exact) mass is 295 g/mol. The Labute approximate surface area is 118 Å². The molecule has 0 radical (unpaired) electrons. The van der Waals surface area contributed by atoms with Crippen molar-refractivity contribution in [2.45, 2.75) is 11.3 Å². The van der Waals surface area contributed by atoms with E-state index in [1.54, 1.807) is 24.3 Å². The Morgan fingerprint density at radius 1 is 1.30 bits per heavy atom. The number of rotatable bonds is 6. The van der Waals surface area contributed by atoms with Crippen LogP contribution in [0.25, 0.3) is 0 Å². The van der Waals surface area contributed by atoms with Gasteiger partial charge >= 0.3 is 0 Å². The standard InChI is InChI=1S/C12H17N5O2S/c1-17(2)20(18,19)11-6-4-3-5-10(11)13-8-7-12-14-9-15-16-12/h3-6,9,13H,7-8H2,1-2H3,(H,14,15,16). The fourth-order valence-electron chi connectivity index (χ4n) is 1.70. The number of sulfonamides is 1. The molecular formula is C12H17N5O2S. The summed E-state index contributed by atoms with van der Waals surface area (Å²) >= 11 is 0. The van der Waals surface area contributed by atoms with Crippen molar-refractivity contribution in [1.82, 2.24) is 19.5 Å². The maximum atomic E-state index is 12.2. The zero-order valence-corrected chi connectivity index (χ0v) is 12.2. The lowest BCUT2D eigenvalue weighted by atomic mass is 10.3. The maximum Gasteiger partial charge on any atom is 0.244 e. The highest BCUT2D eigenvalue weighted by Gasteiger charge is 2.20. The van der Waals surface area contributed by atoms with E-state index >= 15 is 0 Å². The summed E-state index contributed by atoms with van der Waals surface area (Å²) in [6.07, 6.45) is 2.08. The second-order valence-corrected chi connectivity index (χ2v) is 6.51. The van der Waals surface area contributed by atoms with Crippen LogP contribution in [0.4, 0.5) is 5.69 Å². The molecule has 0 unspecified atom stereocenters. The van der Waals surface area contributed by atoms with Crippen molar-refractivity contribution in [1.29, 1.82) is 0 Å². The van der Waals surface area contributed by atoms with Crippen molar-refractivity contribution in [2.75, 3.05) is 26.0 Å². The van der Waals surface area contributed by atoms with Crippen molar-refractivity contribution >= 4 is 15.7 Å². The number of aromatic nitrogens is 3. The molecule has 0 aliphatic heterocycles. The summed E-state index contributed by atoms with van der Waals surface area (Å²) in [6, 6.07) is 6.84. The summed E-state index contributed by atoms with van der Waals surface area (Å²) in [5, 5.41) is 9.64. The highest BCUT2D eigenvalue weighted by Crippen LogP contribution is 2.22. The van der Waals surface area contributed by atoms with E-state index in [0.717, 1.165) is 5.82 Å². The van der Waals surface area contributed by atoms with E-state index in [1.807, 2.05) is 0 Å². The van der Waals surface area contributed by atoms with E-state index in [0.29, 0.717) is 18.7 Å². The van der Waals surface area contributed by atoms with Crippen LogP contribution in [0.3, 0.4) is 0 Å². The van der Waals surface area contributed by atoms with Gasteiger partial charge in [-0.1, -0.05) is 12.1 Å². The summed E-state index contributed by atoms with van der Waals surface area (Å²) in [6.45, 7) is 0.565. The van der Waals surface area contributed by atoms with Crippen LogP contribution in [0.5, 0.6) is 0 Å². The molecule has 0 bridgehead atoms. The Bertz CT molecular complexity index is 652. The zero-order valence-electron chi connectivity index (χ0n) is 11.4. The van der Waals surface area contributed by atoms with Crippen LogP contribution in [0.2, 0.25) is 0 Å². The van der Waals surface area contributed by atoms with Crippen LogP contribution in [0.15, 0.2) is 35.5 Å². The van der Waals surface area contributed by atoms with Crippen LogP contribution < -0.4 is 5.32 Å². The molecule has 0 saturated heterocycles. The van der Waals surface area contributed by atoms with Gasteiger partial charge in [-0.15, -0.1) is 0 Å². The van der Waals surface area contributed by atoms with Gasteiger partial charge in [0.05, 0.1) is 5.69 Å². The molecule has 2 rings (SSSR count). The van der Waals surface area contributed by atoms with Gasteiger partial charge in [0.1, 0.15) is 17.0 Å². The highest BCUT2D eigenvalue weighted by atomic mass is 32.2. The molecule has 0 atom stereocenters. The Kier molecular flexibility index (Phi) is 4.35. The number of nitrogens with one attached hydrogen (secondary N) is 2. The Balaban J connectivity index is 2.12. The molecule has 1 aromatic carbocycles. The van der Waals surface area contributed by atoms with Gasteiger partial charge in [-0.05, 0) is 12.1 Å². The first kappa shape index (κ1) is 14.5. The number of benzene rings is 1. The molecule has 1 aromatic heterocycles. The summed E-state index contributed by atoms with van der Waals surface area (Å²) < 4.78 is 25.6. The van der Waals surface area contributed by atoms with Gasteiger partial charge in [-0.25, -0.2) is 17.7 Å². The molecule has 0 amide bonds. The lowest BCUT2D eigenvalue weighted by molar-refractivity contribution is 0.521. The fourth-order valence-corrected chi connectivity index (χ4v) is 2.76. The maximum absolute atomic E-state index is 12.2. The van der Waals surface area contributed by atoms with E-state index in [1.165, 1.54) is 24.7 Å². The fraction of sp³-hybridized carbons (Fsp3) is 0.333. The van der Waals surface area contributed by atoms with Crippen molar-refractivity contribution in [3.05, 3.63) is 36.4 Å². The van der Waals surface area contributed by atoms with Gasteiger partial charge < -0.3 is 5.32 Å². The predicted molar refractivity (Wildman–Crippen MR) is 75.9 cm³/mol. The lowest BCUT2D eigenvalue weighted by Gasteiger charge is -2.15. The zero-order chi connectivity index (χ0) is 14.6. The SMILES string of the molecule is CN(C)S(=O)(=O)c1ccccc1NCCc1ncn[nH]1. The molecule has 0 spiro atoms. The average Bonchev–Trinajstić information content (AvgIpc) is 2.92. The van der Waals surface area contributed by atoms with Crippen LogP contribution in [0, 0.1) is 0 Å². The highest BCUT2D eigenvalue weighted by molar-refractivity contribution is 7.89. The van der Waals surface area contributed by atoms with Crippen molar-refractivity contribution < 1.29 is 8.42 Å². The third-order valence-electron chi connectivity index (χ3n) is 2.79. The molecule has 20 heavy (non-hydrogen) atoms. The van der Waals surface area contributed by atoms with Crippen LogP contribution in [-0.2, 0) is 16.4 Å². The first-order chi connectivity index (χ1) is 9.51. The number of H-pyrrole nitrogens is 1.